The van der Waals surface area contributed by atoms with Crippen LogP contribution in [-0.4, -0.2) is 10.9 Å². The van der Waals surface area contributed by atoms with E-state index in [0.717, 1.165) is 0 Å². The largest absolute Gasteiger partial charge is 0.432 e. The summed E-state index contributed by atoms with van der Waals surface area (Å²) in [5.41, 5.74) is 0.623. The molecule has 0 saturated carbocycles. The molecule has 0 aromatic heterocycles. The number of nitrogens with zero attached hydrogens (tertiary/aromatic N) is 1. The molecule has 0 aliphatic heterocycles. The van der Waals surface area contributed by atoms with Crippen LogP contribution >= 0.6 is 0 Å². The highest BCUT2D eigenvalue weighted by Crippen LogP contribution is 2.15. The Bertz CT molecular complexity index is 451. The average Bonchev–Trinajstić information content (AvgIpc) is 2.16. The number of nitro groups is 1. The minimum atomic E-state index is -0.474. The molecule has 0 atom stereocenters. The first-order valence-corrected chi connectivity index (χ1v) is 4.60. The second kappa shape index (κ2) is 5.06. The lowest BCUT2D eigenvalue weighted by molar-refractivity contribution is -0.384. The van der Waals surface area contributed by atoms with Crippen molar-refractivity contribution in [2.45, 2.75) is 13.8 Å². The minimum Gasteiger partial charge on any atom is -0.432 e. The van der Waals surface area contributed by atoms with Crippen molar-refractivity contribution in [2.24, 2.45) is 0 Å². The maximum absolute atomic E-state index is 10.6. The summed E-state index contributed by atoms with van der Waals surface area (Å²) in [7, 11) is 0. The molecule has 0 aliphatic carbocycles. The quantitative estimate of drug-likeness (QED) is 0.340. The molecule has 0 unspecified atom stereocenters. The molecule has 0 radical (unpaired) electrons. The molecule has 0 N–H and O–H groups in total. The van der Waals surface area contributed by atoms with E-state index < -0.39 is 10.9 Å². The summed E-state index contributed by atoms with van der Waals surface area (Å²) < 4.78 is 4.81. The van der Waals surface area contributed by atoms with Crippen LogP contribution in [-0.2, 0) is 9.53 Å². The van der Waals surface area contributed by atoms with Gasteiger partial charge in [0.25, 0.3) is 5.69 Å². The van der Waals surface area contributed by atoms with Crippen LogP contribution in [0.15, 0.2) is 30.0 Å². The molecule has 16 heavy (non-hydrogen) atoms. The van der Waals surface area contributed by atoms with Crippen LogP contribution in [0.4, 0.5) is 5.69 Å². The van der Waals surface area contributed by atoms with Gasteiger partial charge in [-0.1, -0.05) is 12.1 Å². The van der Waals surface area contributed by atoms with Gasteiger partial charge < -0.3 is 4.74 Å². The lowest BCUT2D eigenvalue weighted by Crippen LogP contribution is -1.95. The van der Waals surface area contributed by atoms with Crippen LogP contribution in [0, 0.1) is 10.1 Å². The summed E-state index contributed by atoms with van der Waals surface area (Å²) in [6.45, 7) is 2.91. The van der Waals surface area contributed by atoms with E-state index in [0.29, 0.717) is 11.3 Å². The first-order chi connectivity index (χ1) is 7.49. The Morgan fingerprint density at radius 1 is 1.44 bits per heavy atom. The Morgan fingerprint density at radius 2 is 2.12 bits per heavy atom. The number of hydrogen-bond acceptors (Lipinski definition) is 4. The summed E-state index contributed by atoms with van der Waals surface area (Å²) in [4.78, 5) is 20.7. The molecule has 0 saturated heterocycles. The third-order valence-electron chi connectivity index (χ3n) is 1.76. The molecule has 5 nitrogen and oxygen atoms in total. The molecule has 0 fully saturated rings. The van der Waals surface area contributed by atoms with Gasteiger partial charge in [-0.05, 0) is 18.6 Å². The smallest absolute Gasteiger partial charge is 0.307 e. The summed E-state index contributed by atoms with van der Waals surface area (Å²) in [6, 6.07) is 6.08. The molecule has 1 aromatic rings. The van der Waals surface area contributed by atoms with Gasteiger partial charge in [0.2, 0.25) is 0 Å². The number of rotatable bonds is 3. The fourth-order valence-corrected chi connectivity index (χ4v) is 1.22. The Kier molecular flexibility index (Phi) is 3.77. The number of benzene rings is 1. The van der Waals surface area contributed by atoms with Gasteiger partial charge >= 0.3 is 5.97 Å². The standard InChI is InChI=1S/C11H11NO4/c1-8(16-9(2)13)6-10-4-3-5-11(7-10)12(14)15/h3-7H,1-2H3/b8-6+. The molecule has 0 spiro atoms. The number of non-ortho nitro benzene ring substituents is 1. The predicted molar refractivity (Wildman–Crippen MR) is 58.5 cm³/mol. The maximum Gasteiger partial charge on any atom is 0.307 e. The van der Waals surface area contributed by atoms with Crippen molar-refractivity contribution in [3.63, 3.8) is 0 Å². The number of hydrogen-bond donors (Lipinski definition) is 0. The highest BCUT2D eigenvalue weighted by Gasteiger charge is 2.04. The second-order valence-electron chi connectivity index (χ2n) is 3.20. The number of allylic oxidation sites excluding steroid dienone is 1. The van der Waals surface area contributed by atoms with Crippen LogP contribution in [0.2, 0.25) is 0 Å². The molecule has 5 heteroatoms. The number of nitro benzene ring substituents is 1. The minimum absolute atomic E-state index is 0.00405. The van der Waals surface area contributed by atoms with E-state index in [9.17, 15) is 14.9 Å². The number of ether oxygens (including phenoxy) is 1. The van der Waals surface area contributed by atoms with Crippen LogP contribution < -0.4 is 0 Å². The molecule has 1 rings (SSSR count). The fourth-order valence-electron chi connectivity index (χ4n) is 1.22. The van der Waals surface area contributed by atoms with E-state index in [1.807, 2.05) is 0 Å². The molecule has 0 heterocycles. The molecular weight excluding hydrogens is 210 g/mol. The molecule has 0 amide bonds. The van der Waals surface area contributed by atoms with E-state index in [4.69, 9.17) is 4.74 Å². The van der Waals surface area contributed by atoms with Gasteiger partial charge in [-0.3, -0.25) is 14.9 Å². The number of carbonyl (C=O) groups excluding carboxylic acids is 1. The van der Waals surface area contributed by atoms with Crippen LogP contribution in [0.1, 0.15) is 19.4 Å². The van der Waals surface area contributed by atoms with Crippen molar-refractivity contribution in [3.8, 4) is 0 Å². The summed E-state index contributed by atoms with van der Waals surface area (Å²) in [5.74, 6) is -0.0211. The monoisotopic (exact) mass is 221 g/mol. The van der Waals surface area contributed by atoms with Gasteiger partial charge in [-0.25, -0.2) is 0 Å². The number of carbonyl (C=O) groups is 1. The van der Waals surface area contributed by atoms with Gasteiger partial charge in [0.05, 0.1) is 4.92 Å². The highest BCUT2D eigenvalue weighted by molar-refractivity contribution is 5.68. The van der Waals surface area contributed by atoms with Crippen molar-refractivity contribution in [3.05, 3.63) is 45.7 Å². The van der Waals surface area contributed by atoms with Crippen LogP contribution in [0.3, 0.4) is 0 Å². The fraction of sp³-hybridized carbons (Fsp3) is 0.182. The van der Waals surface area contributed by atoms with E-state index in [1.54, 1.807) is 25.1 Å². The molecular formula is C11H11NO4. The topological polar surface area (TPSA) is 69.4 Å². The molecule has 0 aliphatic rings. The lowest BCUT2D eigenvalue weighted by atomic mass is 10.2. The van der Waals surface area contributed by atoms with E-state index in [1.165, 1.54) is 19.1 Å². The van der Waals surface area contributed by atoms with Gasteiger partial charge in [-0.2, -0.15) is 0 Å². The first-order valence-electron chi connectivity index (χ1n) is 4.60. The van der Waals surface area contributed by atoms with Crippen molar-refractivity contribution in [1.82, 2.24) is 0 Å². The zero-order valence-corrected chi connectivity index (χ0v) is 8.97. The normalized spacial score (nSPS) is 11.0. The van der Waals surface area contributed by atoms with E-state index in [-0.39, 0.29) is 5.69 Å². The van der Waals surface area contributed by atoms with E-state index >= 15 is 0 Å². The van der Waals surface area contributed by atoms with Crippen molar-refractivity contribution >= 4 is 17.7 Å². The van der Waals surface area contributed by atoms with Gasteiger partial charge in [0.15, 0.2) is 0 Å². The average molecular weight is 221 g/mol. The zero-order chi connectivity index (χ0) is 12.1. The van der Waals surface area contributed by atoms with Crippen LogP contribution in [0.5, 0.6) is 0 Å². The Morgan fingerprint density at radius 3 is 2.69 bits per heavy atom. The summed E-state index contributed by atoms with van der Waals surface area (Å²) >= 11 is 0. The predicted octanol–water partition coefficient (Wildman–Crippen LogP) is 2.52. The van der Waals surface area contributed by atoms with Gasteiger partial charge in [-0.15, -0.1) is 0 Å². The third-order valence-corrected chi connectivity index (χ3v) is 1.76. The van der Waals surface area contributed by atoms with Crippen molar-refractivity contribution < 1.29 is 14.5 Å². The third kappa shape index (κ3) is 3.53. The Balaban J connectivity index is 2.92. The summed E-state index contributed by atoms with van der Waals surface area (Å²) in [5, 5.41) is 10.5. The molecule has 0 bridgehead atoms. The maximum atomic E-state index is 10.6. The summed E-state index contributed by atoms with van der Waals surface area (Å²) in [6.07, 6.45) is 1.56. The SMILES string of the molecule is CC(=O)O/C(C)=C/c1cccc([N+](=O)[O-])c1. The first kappa shape index (κ1) is 11.9. The molecule has 1 aromatic carbocycles. The van der Waals surface area contributed by atoms with Gasteiger partial charge in [0, 0.05) is 19.1 Å². The number of esters is 1. The van der Waals surface area contributed by atoms with Crippen LogP contribution in [0.25, 0.3) is 6.08 Å². The Hall–Kier alpha value is -2.17. The van der Waals surface area contributed by atoms with E-state index in [2.05, 4.69) is 0 Å². The Labute approximate surface area is 92.5 Å². The second-order valence-corrected chi connectivity index (χ2v) is 3.20. The zero-order valence-electron chi connectivity index (χ0n) is 8.97. The van der Waals surface area contributed by atoms with Gasteiger partial charge in [0.1, 0.15) is 5.76 Å². The lowest BCUT2D eigenvalue weighted by Gasteiger charge is -2.00. The highest BCUT2D eigenvalue weighted by atomic mass is 16.6. The van der Waals surface area contributed by atoms with Crippen molar-refractivity contribution in [2.75, 3.05) is 0 Å². The molecule has 84 valence electrons. The van der Waals surface area contributed by atoms with Crippen molar-refractivity contribution in [1.29, 1.82) is 0 Å².